The molecule has 0 aliphatic heterocycles. The molecule has 0 aliphatic rings. The number of carbonyl (C=O) groups excluding carboxylic acids is 2. The van der Waals surface area contributed by atoms with Gasteiger partial charge >= 0.3 is 0 Å². The maximum atomic E-state index is 13.5. The molecule has 24 heavy (non-hydrogen) atoms. The number of para-hydroxylation sites is 1. The van der Waals surface area contributed by atoms with Crippen LogP contribution in [-0.2, 0) is 16.0 Å². The van der Waals surface area contributed by atoms with Crippen molar-refractivity contribution in [3.8, 4) is 5.75 Å². The minimum atomic E-state index is -0.963. The largest absolute Gasteiger partial charge is 0.478 e. The van der Waals surface area contributed by atoms with E-state index in [0.29, 0.717) is 0 Å². The molecule has 2 amide bonds. The van der Waals surface area contributed by atoms with E-state index >= 15 is 0 Å². The summed E-state index contributed by atoms with van der Waals surface area (Å²) in [5.74, 6) is -1.54. The SMILES string of the molecule is CC(Oc1ccccc1F)C(=O)NNC(=O)Cc1ccc(Br)cc1. The van der Waals surface area contributed by atoms with Crippen LogP contribution >= 0.6 is 15.9 Å². The third-order valence-electron chi connectivity index (χ3n) is 3.11. The maximum absolute atomic E-state index is 13.5. The van der Waals surface area contributed by atoms with E-state index in [1.807, 2.05) is 12.1 Å². The number of rotatable bonds is 5. The van der Waals surface area contributed by atoms with Crippen LogP contribution < -0.4 is 15.6 Å². The third kappa shape index (κ3) is 5.34. The Kier molecular flexibility index (Phi) is 6.31. The van der Waals surface area contributed by atoms with Gasteiger partial charge in [0.25, 0.3) is 5.91 Å². The maximum Gasteiger partial charge on any atom is 0.279 e. The van der Waals surface area contributed by atoms with Gasteiger partial charge in [0.05, 0.1) is 6.42 Å². The zero-order valence-corrected chi connectivity index (χ0v) is 14.5. The van der Waals surface area contributed by atoms with E-state index in [1.165, 1.54) is 25.1 Å². The topological polar surface area (TPSA) is 67.4 Å². The Morgan fingerprint density at radius 1 is 1.12 bits per heavy atom. The summed E-state index contributed by atoms with van der Waals surface area (Å²) in [7, 11) is 0. The lowest BCUT2D eigenvalue weighted by atomic mass is 10.1. The van der Waals surface area contributed by atoms with E-state index in [2.05, 4.69) is 26.8 Å². The van der Waals surface area contributed by atoms with E-state index in [4.69, 9.17) is 4.74 Å². The molecule has 0 fully saturated rings. The van der Waals surface area contributed by atoms with Crippen molar-refractivity contribution in [2.75, 3.05) is 0 Å². The lowest BCUT2D eigenvalue weighted by Crippen LogP contribution is -2.47. The van der Waals surface area contributed by atoms with E-state index in [9.17, 15) is 14.0 Å². The Bertz CT molecular complexity index is 722. The van der Waals surface area contributed by atoms with Crippen molar-refractivity contribution in [2.45, 2.75) is 19.4 Å². The molecular formula is C17H16BrFN2O3. The first kappa shape index (κ1) is 17.9. The second-order valence-electron chi connectivity index (χ2n) is 5.03. The fourth-order valence-electron chi connectivity index (χ4n) is 1.85. The number of benzene rings is 2. The zero-order valence-electron chi connectivity index (χ0n) is 12.9. The summed E-state index contributed by atoms with van der Waals surface area (Å²) in [6.07, 6.45) is -0.842. The summed E-state index contributed by atoms with van der Waals surface area (Å²) < 4.78 is 19.6. The first-order chi connectivity index (χ1) is 11.5. The van der Waals surface area contributed by atoms with Crippen LogP contribution in [0.25, 0.3) is 0 Å². The highest BCUT2D eigenvalue weighted by Crippen LogP contribution is 2.16. The van der Waals surface area contributed by atoms with Crippen molar-refractivity contribution < 1.29 is 18.7 Å². The molecule has 1 atom stereocenters. The highest BCUT2D eigenvalue weighted by atomic mass is 79.9. The molecule has 0 saturated heterocycles. The number of hydrogen-bond acceptors (Lipinski definition) is 3. The van der Waals surface area contributed by atoms with Crippen LogP contribution in [0.15, 0.2) is 53.0 Å². The summed E-state index contributed by atoms with van der Waals surface area (Å²) >= 11 is 3.31. The number of halogens is 2. The molecule has 2 aromatic rings. The van der Waals surface area contributed by atoms with E-state index in [0.717, 1.165) is 10.0 Å². The van der Waals surface area contributed by atoms with Crippen LogP contribution in [0.5, 0.6) is 5.75 Å². The molecule has 7 heteroatoms. The molecule has 1 unspecified atom stereocenters. The summed E-state index contributed by atoms with van der Waals surface area (Å²) in [5.41, 5.74) is 5.37. The van der Waals surface area contributed by atoms with Crippen molar-refractivity contribution in [2.24, 2.45) is 0 Å². The van der Waals surface area contributed by atoms with Gasteiger partial charge in [-0.15, -0.1) is 0 Å². The van der Waals surface area contributed by atoms with Crippen LogP contribution in [0.1, 0.15) is 12.5 Å². The molecular weight excluding hydrogens is 379 g/mol. The average Bonchev–Trinajstić information content (AvgIpc) is 2.56. The predicted octanol–water partition coefficient (Wildman–Crippen LogP) is 2.75. The molecule has 5 nitrogen and oxygen atoms in total. The van der Waals surface area contributed by atoms with E-state index in [1.54, 1.807) is 18.2 Å². The summed E-state index contributed by atoms with van der Waals surface area (Å²) in [4.78, 5) is 23.7. The molecule has 0 saturated carbocycles. The molecule has 0 spiro atoms. The van der Waals surface area contributed by atoms with Crippen molar-refractivity contribution in [1.29, 1.82) is 0 Å². The summed E-state index contributed by atoms with van der Waals surface area (Å²) in [6.45, 7) is 1.46. The number of nitrogens with one attached hydrogen (secondary N) is 2. The van der Waals surface area contributed by atoms with Crippen molar-refractivity contribution >= 4 is 27.7 Å². The minimum Gasteiger partial charge on any atom is -0.478 e. The third-order valence-corrected chi connectivity index (χ3v) is 3.64. The second-order valence-corrected chi connectivity index (χ2v) is 5.95. The smallest absolute Gasteiger partial charge is 0.279 e. The molecule has 126 valence electrons. The van der Waals surface area contributed by atoms with Crippen LogP contribution in [0.4, 0.5) is 4.39 Å². The number of hydrazine groups is 1. The predicted molar refractivity (Wildman–Crippen MR) is 90.6 cm³/mol. The molecule has 0 aliphatic carbocycles. The number of carbonyl (C=O) groups is 2. The molecule has 2 N–H and O–H groups in total. The monoisotopic (exact) mass is 394 g/mol. The van der Waals surface area contributed by atoms with Crippen LogP contribution in [-0.4, -0.2) is 17.9 Å². The van der Waals surface area contributed by atoms with Gasteiger partial charge in [0.15, 0.2) is 17.7 Å². The highest BCUT2D eigenvalue weighted by molar-refractivity contribution is 9.10. The Morgan fingerprint density at radius 2 is 1.79 bits per heavy atom. The van der Waals surface area contributed by atoms with Gasteiger partial charge in [0, 0.05) is 4.47 Å². The molecule has 0 aromatic heterocycles. The lowest BCUT2D eigenvalue weighted by molar-refractivity contribution is -0.132. The molecule has 2 aromatic carbocycles. The van der Waals surface area contributed by atoms with Gasteiger partial charge in [-0.2, -0.15) is 0 Å². The normalized spacial score (nSPS) is 11.5. The van der Waals surface area contributed by atoms with Gasteiger partial charge < -0.3 is 4.74 Å². The molecule has 0 radical (unpaired) electrons. The Hall–Kier alpha value is -2.41. The first-order valence-corrected chi connectivity index (χ1v) is 7.99. The molecule has 0 heterocycles. The quantitative estimate of drug-likeness (QED) is 0.766. The van der Waals surface area contributed by atoms with Gasteiger partial charge in [-0.3, -0.25) is 20.4 Å². The first-order valence-electron chi connectivity index (χ1n) is 7.20. The fourth-order valence-corrected chi connectivity index (χ4v) is 2.11. The van der Waals surface area contributed by atoms with Crippen LogP contribution in [0.2, 0.25) is 0 Å². The Balaban J connectivity index is 1.80. The second kappa shape index (κ2) is 8.44. The number of hydrogen-bond donors (Lipinski definition) is 2. The van der Waals surface area contributed by atoms with Crippen molar-refractivity contribution in [3.63, 3.8) is 0 Å². The number of ether oxygens (including phenoxy) is 1. The van der Waals surface area contributed by atoms with Gasteiger partial charge in [-0.05, 0) is 36.8 Å². The van der Waals surface area contributed by atoms with Crippen molar-refractivity contribution in [1.82, 2.24) is 10.9 Å². The van der Waals surface area contributed by atoms with Crippen LogP contribution in [0, 0.1) is 5.82 Å². The summed E-state index contributed by atoms with van der Waals surface area (Å²) in [6, 6.07) is 13.0. The van der Waals surface area contributed by atoms with Crippen molar-refractivity contribution in [3.05, 3.63) is 64.4 Å². The lowest BCUT2D eigenvalue weighted by Gasteiger charge is -2.15. The van der Waals surface area contributed by atoms with Gasteiger partial charge in [0.2, 0.25) is 5.91 Å². The van der Waals surface area contributed by atoms with E-state index < -0.39 is 17.8 Å². The standard InChI is InChI=1S/C17H16BrFN2O3/c1-11(24-15-5-3-2-4-14(15)19)17(23)21-20-16(22)10-12-6-8-13(18)9-7-12/h2-9,11H,10H2,1H3,(H,20,22)(H,21,23). The Labute approximate surface area is 147 Å². The highest BCUT2D eigenvalue weighted by Gasteiger charge is 2.17. The van der Waals surface area contributed by atoms with Gasteiger partial charge in [-0.25, -0.2) is 4.39 Å². The number of amides is 2. The molecule has 0 bridgehead atoms. The van der Waals surface area contributed by atoms with Gasteiger partial charge in [0.1, 0.15) is 0 Å². The Morgan fingerprint density at radius 3 is 2.46 bits per heavy atom. The molecule has 2 rings (SSSR count). The minimum absolute atomic E-state index is 0.0265. The zero-order chi connectivity index (χ0) is 17.5. The van der Waals surface area contributed by atoms with E-state index in [-0.39, 0.29) is 18.1 Å². The fraction of sp³-hybridized carbons (Fsp3) is 0.176. The summed E-state index contributed by atoms with van der Waals surface area (Å²) in [5, 5.41) is 0. The van der Waals surface area contributed by atoms with Crippen LogP contribution in [0.3, 0.4) is 0 Å². The van der Waals surface area contributed by atoms with Gasteiger partial charge in [-0.1, -0.05) is 40.2 Å². The average molecular weight is 395 g/mol.